The molecule has 2 aromatic carbocycles. The summed E-state index contributed by atoms with van der Waals surface area (Å²) in [5.74, 6) is 0. The van der Waals surface area contributed by atoms with Crippen molar-refractivity contribution >= 4 is 11.6 Å². The van der Waals surface area contributed by atoms with Crippen LogP contribution in [-0.4, -0.2) is 0 Å². The summed E-state index contributed by atoms with van der Waals surface area (Å²) in [5, 5.41) is 0.108. The van der Waals surface area contributed by atoms with Gasteiger partial charge in [0.05, 0.1) is 5.38 Å². The van der Waals surface area contributed by atoms with Gasteiger partial charge in [-0.15, -0.1) is 11.6 Å². The number of benzene rings is 2. The predicted octanol–water partition coefficient (Wildman–Crippen LogP) is 4.91. The van der Waals surface area contributed by atoms with Crippen molar-refractivity contribution in [2.75, 3.05) is 0 Å². The van der Waals surface area contributed by atoms with Crippen molar-refractivity contribution in [1.29, 1.82) is 0 Å². The molecule has 0 saturated heterocycles. The molecule has 0 aliphatic heterocycles. The Balaban J connectivity index is 1.95. The summed E-state index contributed by atoms with van der Waals surface area (Å²) in [6, 6.07) is 18.9. The number of hydrogen-bond donors (Lipinski definition) is 0. The molecule has 0 radical (unpaired) electrons. The highest BCUT2D eigenvalue weighted by molar-refractivity contribution is 6.20. The summed E-state index contributed by atoms with van der Waals surface area (Å²) >= 11 is 6.40. The topological polar surface area (TPSA) is 0 Å². The second kappa shape index (κ2) is 5.88. The normalized spacial score (nSPS) is 12.4. The Labute approximate surface area is 108 Å². The average Bonchev–Trinajstić information content (AvgIpc) is 2.37. The van der Waals surface area contributed by atoms with Crippen molar-refractivity contribution in [3.05, 3.63) is 71.3 Å². The van der Waals surface area contributed by atoms with Gasteiger partial charge < -0.3 is 0 Å². The van der Waals surface area contributed by atoms with E-state index in [9.17, 15) is 0 Å². The lowest BCUT2D eigenvalue weighted by Crippen LogP contribution is -1.94. The molecule has 17 heavy (non-hydrogen) atoms. The lowest BCUT2D eigenvalue weighted by molar-refractivity contribution is 0.793. The largest absolute Gasteiger partial charge is 0.118 e. The highest BCUT2D eigenvalue weighted by Gasteiger charge is 2.07. The molecule has 0 aliphatic rings. The molecule has 0 fully saturated rings. The van der Waals surface area contributed by atoms with E-state index in [4.69, 9.17) is 11.6 Å². The maximum absolute atomic E-state index is 6.40. The van der Waals surface area contributed by atoms with Crippen LogP contribution in [0.1, 0.15) is 28.5 Å². The van der Waals surface area contributed by atoms with Crippen LogP contribution >= 0.6 is 11.6 Å². The maximum Gasteiger partial charge on any atom is 0.0588 e. The second-order valence-corrected chi connectivity index (χ2v) is 4.93. The van der Waals surface area contributed by atoms with Crippen LogP contribution in [-0.2, 0) is 6.42 Å². The zero-order chi connectivity index (χ0) is 12.1. The molecule has 0 spiro atoms. The first-order valence-corrected chi connectivity index (χ1v) is 6.44. The van der Waals surface area contributed by atoms with Crippen LogP contribution in [0.25, 0.3) is 0 Å². The Kier molecular flexibility index (Phi) is 4.22. The Hall–Kier alpha value is -1.27. The molecular weight excluding hydrogens is 228 g/mol. The van der Waals surface area contributed by atoms with Crippen LogP contribution in [0, 0.1) is 6.92 Å². The molecule has 0 aromatic heterocycles. The van der Waals surface area contributed by atoms with Gasteiger partial charge in [0.2, 0.25) is 0 Å². The van der Waals surface area contributed by atoms with Crippen LogP contribution < -0.4 is 0 Å². The molecule has 0 bridgehead atoms. The van der Waals surface area contributed by atoms with Gasteiger partial charge >= 0.3 is 0 Å². The fraction of sp³-hybridized carbons (Fsp3) is 0.250. The minimum atomic E-state index is 0.108. The molecule has 0 N–H and O–H groups in total. The molecule has 1 atom stereocenters. The van der Waals surface area contributed by atoms with Gasteiger partial charge in [-0.1, -0.05) is 60.2 Å². The summed E-state index contributed by atoms with van der Waals surface area (Å²) in [5.41, 5.74) is 3.89. The van der Waals surface area contributed by atoms with Crippen LogP contribution in [0.3, 0.4) is 0 Å². The summed E-state index contributed by atoms with van der Waals surface area (Å²) in [6.07, 6.45) is 2.01. The van der Waals surface area contributed by atoms with E-state index < -0.39 is 0 Å². The number of halogens is 1. The standard InChI is InChI=1S/C16H17Cl/c1-13-6-5-7-14(12-13)10-11-16(17)15-8-3-2-4-9-15/h2-9,12,16H,10-11H2,1H3. The van der Waals surface area contributed by atoms with Crippen molar-refractivity contribution in [2.24, 2.45) is 0 Å². The van der Waals surface area contributed by atoms with Crippen molar-refractivity contribution in [3.63, 3.8) is 0 Å². The lowest BCUT2D eigenvalue weighted by Gasteiger charge is -2.09. The summed E-state index contributed by atoms with van der Waals surface area (Å²) < 4.78 is 0. The van der Waals surface area contributed by atoms with E-state index in [1.54, 1.807) is 0 Å². The van der Waals surface area contributed by atoms with Crippen LogP contribution in [0.2, 0.25) is 0 Å². The summed E-state index contributed by atoms with van der Waals surface area (Å²) in [7, 11) is 0. The van der Waals surface area contributed by atoms with Crippen LogP contribution in [0.5, 0.6) is 0 Å². The molecule has 2 aromatic rings. The Morgan fingerprint density at radius 2 is 1.76 bits per heavy atom. The van der Waals surface area contributed by atoms with E-state index in [0.717, 1.165) is 12.8 Å². The Morgan fingerprint density at radius 1 is 1.00 bits per heavy atom. The first-order chi connectivity index (χ1) is 8.25. The van der Waals surface area contributed by atoms with E-state index in [1.165, 1.54) is 16.7 Å². The minimum Gasteiger partial charge on any atom is -0.118 e. The summed E-state index contributed by atoms with van der Waals surface area (Å²) in [4.78, 5) is 0. The van der Waals surface area contributed by atoms with E-state index in [2.05, 4.69) is 43.3 Å². The Bertz CT molecular complexity index is 462. The van der Waals surface area contributed by atoms with Gasteiger partial charge in [0.15, 0.2) is 0 Å². The number of alkyl halides is 1. The van der Waals surface area contributed by atoms with E-state index >= 15 is 0 Å². The molecule has 0 heterocycles. The quantitative estimate of drug-likeness (QED) is 0.671. The zero-order valence-corrected chi connectivity index (χ0v) is 10.8. The molecule has 0 aliphatic carbocycles. The highest BCUT2D eigenvalue weighted by Crippen LogP contribution is 2.25. The molecule has 0 nitrogen and oxygen atoms in total. The fourth-order valence-corrected chi connectivity index (χ4v) is 2.24. The average molecular weight is 245 g/mol. The zero-order valence-electron chi connectivity index (χ0n) is 10.1. The Morgan fingerprint density at radius 3 is 2.47 bits per heavy atom. The van der Waals surface area contributed by atoms with Crippen molar-refractivity contribution < 1.29 is 0 Å². The van der Waals surface area contributed by atoms with Crippen molar-refractivity contribution in [3.8, 4) is 0 Å². The molecule has 1 unspecified atom stereocenters. The van der Waals surface area contributed by atoms with Gasteiger partial charge in [0, 0.05) is 0 Å². The molecular formula is C16H17Cl. The van der Waals surface area contributed by atoms with Gasteiger partial charge in [0.25, 0.3) is 0 Å². The first kappa shape index (κ1) is 12.2. The van der Waals surface area contributed by atoms with Gasteiger partial charge in [0.1, 0.15) is 0 Å². The van der Waals surface area contributed by atoms with E-state index in [1.807, 2.05) is 18.2 Å². The SMILES string of the molecule is Cc1cccc(CCC(Cl)c2ccccc2)c1. The number of rotatable bonds is 4. The second-order valence-electron chi connectivity index (χ2n) is 4.41. The molecule has 0 amide bonds. The molecule has 2 rings (SSSR count). The lowest BCUT2D eigenvalue weighted by atomic mass is 10.0. The predicted molar refractivity (Wildman–Crippen MR) is 74.5 cm³/mol. The molecule has 0 saturated carbocycles. The van der Waals surface area contributed by atoms with Crippen molar-refractivity contribution in [2.45, 2.75) is 25.1 Å². The maximum atomic E-state index is 6.40. The smallest absolute Gasteiger partial charge is 0.0588 e. The molecule has 88 valence electrons. The number of aryl methyl sites for hydroxylation is 2. The minimum absolute atomic E-state index is 0.108. The van der Waals surface area contributed by atoms with Gasteiger partial charge in [-0.05, 0) is 30.9 Å². The third-order valence-corrected chi connectivity index (χ3v) is 3.40. The van der Waals surface area contributed by atoms with Crippen LogP contribution in [0.15, 0.2) is 54.6 Å². The summed E-state index contributed by atoms with van der Waals surface area (Å²) in [6.45, 7) is 2.12. The monoisotopic (exact) mass is 244 g/mol. The highest BCUT2D eigenvalue weighted by atomic mass is 35.5. The van der Waals surface area contributed by atoms with E-state index in [0.29, 0.717) is 0 Å². The fourth-order valence-electron chi connectivity index (χ4n) is 1.99. The third-order valence-electron chi connectivity index (χ3n) is 2.93. The van der Waals surface area contributed by atoms with Gasteiger partial charge in [-0.25, -0.2) is 0 Å². The first-order valence-electron chi connectivity index (χ1n) is 6.00. The van der Waals surface area contributed by atoms with Gasteiger partial charge in [-0.3, -0.25) is 0 Å². The van der Waals surface area contributed by atoms with Crippen LogP contribution in [0.4, 0.5) is 0 Å². The van der Waals surface area contributed by atoms with E-state index in [-0.39, 0.29) is 5.38 Å². The molecule has 1 heteroatoms. The van der Waals surface area contributed by atoms with Crippen molar-refractivity contribution in [1.82, 2.24) is 0 Å². The third kappa shape index (κ3) is 3.61. The van der Waals surface area contributed by atoms with Gasteiger partial charge in [-0.2, -0.15) is 0 Å². The number of hydrogen-bond acceptors (Lipinski definition) is 0.